The Hall–Kier alpha value is -3.48. The predicted molar refractivity (Wildman–Crippen MR) is 125 cm³/mol. The highest BCUT2D eigenvalue weighted by molar-refractivity contribution is 6.06. The molecule has 2 aromatic rings. The summed E-state index contributed by atoms with van der Waals surface area (Å²) in [6.07, 6.45) is 1.00. The van der Waals surface area contributed by atoms with E-state index in [1.54, 1.807) is 17.0 Å². The summed E-state index contributed by atoms with van der Waals surface area (Å²) < 4.78 is 13.8. The molecule has 0 aromatic heterocycles. The molecule has 1 aliphatic heterocycles. The van der Waals surface area contributed by atoms with Crippen molar-refractivity contribution in [2.75, 3.05) is 17.3 Å². The fourth-order valence-electron chi connectivity index (χ4n) is 4.69. The molecule has 2 N–H and O–H groups in total. The van der Waals surface area contributed by atoms with Gasteiger partial charge in [0.15, 0.2) is 5.78 Å². The number of hydrogen-bond acceptors (Lipinski definition) is 4. The molecule has 0 saturated carbocycles. The van der Waals surface area contributed by atoms with Gasteiger partial charge in [0.2, 0.25) is 11.8 Å². The third-order valence-corrected chi connectivity index (χ3v) is 6.20. The summed E-state index contributed by atoms with van der Waals surface area (Å²) in [6.45, 7) is 4.10. The number of para-hydroxylation sites is 2. The van der Waals surface area contributed by atoms with Gasteiger partial charge in [-0.05, 0) is 41.7 Å². The molecule has 0 saturated heterocycles. The number of rotatable bonds is 4. The molecule has 2 amide bonds. The van der Waals surface area contributed by atoms with Crippen molar-refractivity contribution in [3.05, 3.63) is 71.2 Å². The van der Waals surface area contributed by atoms with E-state index in [4.69, 9.17) is 0 Å². The van der Waals surface area contributed by atoms with Crippen LogP contribution in [0.15, 0.2) is 59.8 Å². The van der Waals surface area contributed by atoms with Crippen LogP contribution in [0.25, 0.3) is 0 Å². The summed E-state index contributed by atoms with van der Waals surface area (Å²) in [5.74, 6) is -0.958. The summed E-state index contributed by atoms with van der Waals surface area (Å²) in [5.41, 5.74) is 3.04. The van der Waals surface area contributed by atoms with Crippen LogP contribution in [-0.4, -0.2) is 24.6 Å². The normalized spacial score (nSPS) is 19.2. The zero-order chi connectivity index (χ0) is 23.8. The summed E-state index contributed by atoms with van der Waals surface area (Å²) in [7, 11) is 1.53. The van der Waals surface area contributed by atoms with Crippen molar-refractivity contribution in [1.82, 2.24) is 5.32 Å². The lowest BCUT2D eigenvalue weighted by molar-refractivity contribution is -0.125. The van der Waals surface area contributed by atoms with Gasteiger partial charge in [-0.25, -0.2) is 4.39 Å². The van der Waals surface area contributed by atoms with E-state index in [0.29, 0.717) is 35.4 Å². The van der Waals surface area contributed by atoms with E-state index in [2.05, 4.69) is 10.6 Å². The first-order valence-electron chi connectivity index (χ1n) is 11.1. The van der Waals surface area contributed by atoms with Crippen molar-refractivity contribution in [2.24, 2.45) is 5.41 Å². The van der Waals surface area contributed by atoms with Crippen LogP contribution in [0.3, 0.4) is 0 Å². The number of ketones is 1. The van der Waals surface area contributed by atoms with E-state index in [0.717, 1.165) is 5.70 Å². The monoisotopic (exact) mass is 449 g/mol. The van der Waals surface area contributed by atoms with Crippen LogP contribution in [0, 0.1) is 11.2 Å². The lowest BCUT2D eigenvalue weighted by atomic mass is 9.73. The molecular weight excluding hydrogens is 421 g/mol. The molecule has 4 rings (SSSR count). The van der Waals surface area contributed by atoms with Crippen LogP contribution in [0.1, 0.15) is 51.1 Å². The maximum Gasteiger partial charge on any atom is 0.228 e. The Balaban J connectivity index is 1.92. The highest BCUT2D eigenvalue weighted by atomic mass is 19.1. The molecule has 7 heteroatoms. The molecule has 0 radical (unpaired) electrons. The smallest absolute Gasteiger partial charge is 0.228 e. The van der Waals surface area contributed by atoms with E-state index in [1.165, 1.54) is 19.2 Å². The van der Waals surface area contributed by atoms with Crippen molar-refractivity contribution in [3.8, 4) is 0 Å². The first kappa shape index (κ1) is 22.7. The van der Waals surface area contributed by atoms with Crippen molar-refractivity contribution in [1.29, 1.82) is 0 Å². The van der Waals surface area contributed by atoms with Crippen molar-refractivity contribution < 1.29 is 18.8 Å². The number of amides is 2. The van der Waals surface area contributed by atoms with Gasteiger partial charge in [0.1, 0.15) is 5.82 Å². The number of carbonyl (C=O) groups excluding carboxylic acids is 3. The number of anilines is 2. The first-order chi connectivity index (χ1) is 15.7. The minimum atomic E-state index is -0.725. The van der Waals surface area contributed by atoms with Crippen molar-refractivity contribution in [2.45, 2.75) is 45.6 Å². The largest absolute Gasteiger partial charge is 0.359 e. The number of halogens is 1. The Labute approximate surface area is 192 Å². The molecular formula is C26H28FN3O3. The number of benzene rings is 2. The quantitative estimate of drug-likeness (QED) is 0.721. The van der Waals surface area contributed by atoms with E-state index in [1.807, 2.05) is 38.1 Å². The number of nitrogens with one attached hydrogen (secondary N) is 2. The Morgan fingerprint density at radius 1 is 1.09 bits per heavy atom. The summed E-state index contributed by atoms with van der Waals surface area (Å²) in [4.78, 5) is 40.6. The van der Waals surface area contributed by atoms with Gasteiger partial charge in [0, 0.05) is 37.6 Å². The number of nitrogens with zero attached hydrogens (tertiary/aromatic N) is 1. The highest BCUT2D eigenvalue weighted by Gasteiger charge is 2.43. The average molecular weight is 450 g/mol. The minimum Gasteiger partial charge on any atom is -0.359 e. The Bertz CT molecular complexity index is 1140. The third kappa shape index (κ3) is 4.53. The number of hydrogen-bond donors (Lipinski definition) is 2. The standard InChI is InChI=1S/C26H28FN3O3/c1-26(2)14-19-24(21(31)15-26)25(16-8-10-17(27)11-9-16)30(23(33)13-12-22(32)28-3)20-7-5-4-6-18(20)29-19/h4-11,25,29H,12-15H2,1-3H3,(H,28,32). The topological polar surface area (TPSA) is 78.5 Å². The van der Waals surface area contributed by atoms with Crippen LogP contribution >= 0.6 is 0 Å². The van der Waals surface area contributed by atoms with Gasteiger partial charge in [0.05, 0.1) is 17.4 Å². The van der Waals surface area contributed by atoms with Crippen LogP contribution in [0.2, 0.25) is 0 Å². The molecule has 2 aliphatic rings. The fraction of sp³-hybridized carbons (Fsp3) is 0.346. The van der Waals surface area contributed by atoms with E-state index < -0.39 is 11.9 Å². The Kier molecular flexibility index (Phi) is 6.06. The second kappa shape index (κ2) is 8.81. The summed E-state index contributed by atoms with van der Waals surface area (Å²) in [5, 5.41) is 5.97. The maximum atomic E-state index is 13.8. The minimum absolute atomic E-state index is 0.0198. The lowest BCUT2D eigenvalue weighted by Crippen LogP contribution is -2.40. The molecule has 0 fully saturated rings. The lowest BCUT2D eigenvalue weighted by Gasteiger charge is -2.37. The van der Waals surface area contributed by atoms with E-state index in [9.17, 15) is 18.8 Å². The molecule has 1 unspecified atom stereocenters. The number of fused-ring (bicyclic) bond motifs is 1. The fourth-order valence-corrected chi connectivity index (χ4v) is 4.69. The predicted octanol–water partition coefficient (Wildman–Crippen LogP) is 4.49. The first-order valence-corrected chi connectivity index (χ1v) is 11.1. The number of Topliss-reactive ketones (excluding diaryl/α,β-unsaturated/α-hetero) is 1. The van der Waals surface area contributed by atoms with Crippen LogP contribution in [-0.2, 0) is 14.4 Å². The van der Waals surface area contributed by atoms with Crippen molar-refractivity contribution in [3.63, 3.8) is 0 Å². The van der Waals surface area contributed by atoms with Gasteiger partial charge in [-0.3, -0.25) is 19.3 Å². The molecule has 172 valence electrons. The number of allylic oxidation sites excluding steroid dienone is 1. The van der Waals surface area contributed by atoms with Gasteiger partial charge in [-0.15, -0.1) is 0 Å². The second-order valence-corrected chi connectivity index (χ2v) is 9.37. The van der Waals surface area contributed by atoms with E-state index >= 15 is 0 Å². The molecule has 1 aliphatic carbocycles. The molecule has 2 aromatic carbocycles. The average Bonchev–Trinajstić information content (AvgIpc) is 2.91. The molecule has 6 nitrogen and oxygen atoms in total. The van der Waals surface area contributed by atoms with Gasteiger partial charge in [-0.1, -0.05) is 38.1 Å². The zero-order valence-corrected chi connectivity index (χ0v) is 19.1. The number of carbonyl (C=O) groups is 3. The molecule has 0 spiro atoms. The van der Waals surface area contributed by atoms with Crippen LogP contribution in [0.4, 0.5) is 15.8 Å². The van der Waals surface area contributed by atoms with Gasteiger partial charge < -0.3 is 10.6 Å². The SMILES string of the molecule is CNC(=O)CCC(=O)N1c2ccccc2NC2=C(C(=O)CC(C)(C)C2)C1c1ccc(F)cc1. The molecule has 33 heavy (non-hydrogen) atoms. The van der Waals surface area contributed by atoms with Gasteiger partial charge in [0.25, 0.3) is 0 Å². The molecule has 0 bridgehead atoms. The van der Waals surface area contributed by atoms with E-state index in [-0.39, 0.29) is 35.9 Å². The van der Waals surface area contributed by atoms with Crippen LogP contribution < -0.4 is 15.5 Å². The van der Waals surface area contributed by atoms with Gasteiger partial charge >= 0.3 is 0 Å². The van der Waals surface area contributed by atoms with Gasteiger partial charge in [-0.2, -0.15) is 0 Å². The highest BCUT2D eigenvalue weighted by Crippen LogP contribution is 2.48. The molecule has 1 atom stereocenters. The molecule has 1 heterocycles. The summed E-state index contributed by atoms with van der Waals surface area (Å²) >= 11 is 0. The second-order valence-electron chi connectivity index (χ2n) is 9.37. The Morgan fingerprint density at radius 3 is 2.48 bits per heavy atom. The van der Waals surface area contributed by atoms with Crippen molar-refractivity contribution >= 4 is 29.0 Å². The van der Waals surface area contributed by atoms with Crippen LogP contribution in [0.5, 0.6) is 0 Å². The zero-order valence-electron chi connectivity index (χ0n) is 19.1. The third-order valence-electron chi connectivity index (χ3n) is 6.20. The summed E-state index contributed by atoms with van der Waals surface area (Å²) in [6, 6.07) is 12.6. The Morgan fingerprint density at radius 2 is 1.79 bits per heavy atom. The maximum absolute atomic E-state index is 13.8.